The lowest BCUT2D eigenvalue weighted by atomic mass is 10.0. The molecular formula is C17H20FN3OS. The van der Waals surface area contributed by atoms with Gasteiger partial charge in [-0.25, -0.2) is 9.37 Å². The molecule has 1 aromatic heterocycles. The molecule has 1 aliphatic heterocycles. The van der Waals surface area contributed by atoms with Gasteiger partial charge in [0, 0.05) is 24.0 Å². The van der Waals surface area contributed by atoms with Crippen LogP contribution < -0.4 is 5.32 Å². The molecule has 2 aromatic rings. The fourth-order valence-corrected chi connectivity index (χ4v) is 3.56. The molecule has 0 radical (unpaired) electrons. The van der Waals surface area contributed by atoms with Crippen molar-refractivity contribution in [2.45, 2.75) is 26.3 Å². The van der Waals surface area contributed by atoms with Crippen LogP contribution in [0.15, 0.2) is 29.6 Å². The van der Waals surface area contributed by atoms with Crippen molar-refractivity contribution in [1.82, 2.24) is 9.88 Å². The van der Waals surface area contributed by atoms with Crippen molar-refractivity contribution in [2.75, 3.05) is 18.4 Å². The molecule has 0 bridgehead atoms. The molecule has 4 nitrogen and oxygen atoms in total. The number of aromatic nitrogens is 1. The van der Waals surface area contributed by atoms with Gasteiger partial charge in [0.1, 0.15) is 5.82 Å². The van der Waals surface area contributed by atoms with E-state index in [0.717, 1.165) is 31.2 Å². The number of rotatable bonds is 4. The zero-order valence-corrected chi connectivity index (χ0v) is 13.9. The quantitative estimate of drug-likeness (QED) is 0.926. The molecule has 122 valence electrons. The maximum atomic E-state index is 12.9. The third-order valence-corrected chi connectivity index (χ3v) is 4.81. The summed E-state index contributed by atoms with van der Waals surface area (Å²) in [6.07, 6.45) is 2.53. The van der Waals surface area contributed by atoms with E-state index in [4.69, 9.17) is 0 Å². The van der Waals surface area contributed by atoms with Crippen LogP contribution in [-0.4, -0.2) is 28.9 Å². The number of benzene rings is 1. The average Bonchev–Trinajstić information content (AvgIpc) is 2.95. The first-order valence-corrected chi connectivity index (χ1v) is 8.72. The standard InChI is InChI=1S/C17H20FN3OS/c1-12-3-2-8-21(9-12)10-15-11-23-17(19-15)20-16(22)13-4-6-14(18)7-5-13/h4-7,11-12H,2-3,8-10H2,1H3,(H,19,20,22)/t12-/m0/s1. The third kappa shape index (κ3) is 4.36. The first kappa shape index (κ1) is 16.1. The zero-order valence-electron chi connectivity index (χ0n) is 13.1. The van der Waals surface area contributed by atoms with Crippen molar-refractivity contribution in [3.05, 3.63) is 46.7 Å². The van der Waals surface area contributed by atoms with E-state index < -0.39 is 0 Å². The number of likely N-dealkylation sites (tertiary alicyclic amines) is 1. The highest BCUT2D eigenvalue weighted by Gasteiger charge is 2.17. The smallest absolute Gasteiger partial charge is 0.257 e. The summed E-state index contributed by atoms with van der Waals surface area (Å²) < 4.78 is 12.9. The summed E-state index contributed by atoms with van der Waals surface area (Å²) in [7, 11) is 0. The van der Waals surface area contributed by atoms with Gasteiger partial charge in [-0.1, -0.05) is 6.92 Å². The van der Waals surface area contributed by atoms with Gasteiger partial charge in [-0.05, 0) is 49.6 Å². The number of nitrogens with one attached hydrogen (secondary N) is 1. The van der Waals surface area contributed by atoms with Crippen molar-refractivity contribution in [1.29, 1.82) is 0 Å². The Bertz CT molecular complexity index is 671. The number of thiazole rings is 1. The number of anilines is 1. The van der Waals surface area contributed by atoms with Crippen LogP contribution in [0, 0.1) is 11.7 Å². The van der Waals surface area contributed by atoms with Crippen LogP contribution in [0.3, 0.4) is 0 Å². The minimum Gasteiger partial charge on any atom is -0.298 e. The summed E-state index contributed by atoms with van der Waals surface area (Å²) in [6, 6.07) is 5.49. The second-order valence-corrected chi connectivity index (χ2v) is 6.95. The maximum Gasteiger partial charge on any atom is 0.257 e. The van der Waals surface area contributed by atoms with Crippen LogP contribution in [-0.2, 0) is 6.54 Å². The van der Waals surface area contributed by atoms with Gasteiger partial charge in [0.15, 0.2) is 5.13 Å². The minimum atomic E-state index is -0.353. The van der Waals surface area contributed by atoms with Gasteiger partial charge in [-0.2, -0.15) is 0 Å². The summed E-state index contributed by atoms with van der Waals surface area (Å²) in [6.45, 7) is 5.32. The van der Waals surface area contributed by atoms with Crippen molar-refractivity contribution in [3.63, 3.8) is 0 Å². The molecular weight excluding hydrogens is 313 g/mol. The molecule has 1 amide bonds. The van der Waals surface area contributed by atoms with Crippen LogP contribution in [0.5, 0.6) is 0 Å². The highest BCUT2D eigenvalue weighted by atomic mass is 32.1. The first-order chi connectivity index (χ1) is 11.1. The van der Waals surface area contributed by atoms with E-state index in [0.29, 0.717) is 10.7 Å². The summed E-state index contributed by atoms with van der Waals surface area (Å²) in [4.78, 5) is 19.0. The Balaban J connectivity index is 1.58. The van der Waals surface area contributed by atoms with E-state index in [1.807, 2.05) is 5.38 Å². The predicted octanol–water partition coefficient (Wildman–Crippen LogP) is 3.77. The monoisotopic (exact) mass is 333 g/mol. The van der Waals surface area contributed by atoms with E-state index in [-0.39, 0.29) is 11.7 Å². The molecule has 0 aliphatic carbocycles. The van der Waals surface area contributed by atoms with Gasteiger partial charge in [-0.3, -0.25) is 15.0 Å². The second-order valence-electron chi connectivity index (χ2n) is 6.09. The Morgan fingerprint density at radius 3 is 2.96 bits per heavy atom. The zero-order chi connectivity index (χ0) is 16.2. The van der Waals surface area contributed by atoms with Crippen molar-refractivity contribution >= 4 is 22.4 Å². The average molecular weight is 333 g/mol. The van der Waals surface area contributed by atoms with Crippen LogP contribution >= 0.6 is 11.3 Å². The van der Waals surface area contributed by atoms with Gasteiger partial charge in [0.25, 0.3) is 5.91 Å². The lowest BCUT2D eigenvalue weighted by molar-refractivity contribution is 0.102. The number of hydrogen-bond donors (Lipinski definition) is 1. The normalized spacial score (nSPS) is 18.8. The molecule has 6 heteroatoms. The van der Waals surface area contributed by atoms with E-state index in [1.165, 1.54) is 48.4 Å². The molecule has 1 aromatic carbocycles. The molecule has 2 heterocycles. The highest BCUT2D eigenvalue weighted by molar-refractivity contribution is 7.13. The Labute approximate surface area is 139 Å². The largest absolute Gasteiger partial charge is 0.298 e. The van der Waals surface area contributed by atoms with E-state index in [1.54, 1.807) is 0 Å². The summed E-state index contributed by atoms with van der Waals surface area (Å²) in [5.41, 5.74) is 1.41. The Morgan fingerprint density at radius 1 is 1.43 bits per heavy atom. The number of carbonyl (C=O) groups is 1. The van der Waals surface area contributed by atoms with Gasteiger partial charge >= 0.3 is 0 Å². The van der Waals surface area contributed by atoms with Crippen molar-refractivity contribution in [3.8, 4) is 0 Å². The van der Waals surface area contributed by atoms with E-state index >= 15 is 0 Å². The Hall–Kier alpha value is -1.79. The summed E-state index contributed by atoms with van der Waals surface area (Å²) >= 11 is 1.42. The number of piperidine rings is 1. The second kappa shape index (κ2) is 7.19. The maximum absolute atomic E-state index is 12.9. The first-order valence-electron chi connectivity index (χ1n) is 7.84. The molecule has 3 rings (SSSR count). The number of amides is 1. The minimum absolute atomic E-state index is 0.266. The molecule has 1 N–H and O–H groups in total. The molecule has 1 saturated heterocycles. The molecule has 0 saturated carbocycles. The molecule has 1 atom stereocenters. The van der Waals surface area contributed by atoms with Gasteiger partial charge in [0.05, 0.1) is 5.69 Å². The topological polar surface area (TPSA) is 45.2 Å². The van der Waals surface area contributed by atoms with Gasteiger partial charge < -0.3 is 0 Å². The third-order valence-electron chi connectivity index (χ3n) is 4.01. The van der Waals surface area contributed by atoms with Crippen molar-refractivity contribution in [2.24, 2.45) is 5.92 Å². The molecule has 23 heavy (non-hydrogen) atoms. The van der Waals surface area contributed by atoms with Gasteiger partial charge in [-0.15, -0.1) is 11.3 Å². The fraction of sp³-hybridized carbons (Fsp3) is 0.412. The van der Waals surface area contributed by atoms with Gasteiger partial charge in [0.2, 0.25) is 0 Å². The van der Waals surface area contributed by atoms with Crippen molar-refractivity contribution < 1.29 is 9.18 Å². The Morgan fingerprint density at radius 2 is 2.22 bits per heavy atom. The lowest BCUT2D eigenvalue weighted by Crippen LogP contribution is -2.33. The van der Waals surface area contributed by atoms with Crippen LogP contribution in [0.2, 0.25) is 0 Å². The molecule has 0 spiro atoms. The predicted molar refractivity (Wildman–Crippen MR) is 90.1 cm³/mol. The fourth-order valence-electron chi connectivity index (χ4n) is 2.87. The molecule has 0 unspecified atom stereocenters. The lowest BCUT2D eigenvalue weighted by Gasteiger charge is -2.30. The number of carbonyl (C=O) groups excluding carboxylic acids is 1. The SMILES string of the molecule is C[C@H]1CCCN(Cc2csc(NC(=O)c3ccc(F)cc3)n2)C1. The molecule has 1 fully saturated rings. The summed E-state index contributed by atoms with van der Waals surface area (Å²) in [5.74, 6) is 0.117. The van der Waals surface area contributed by atoms with Crippen LogP contribution in [0.1, 0.15) is 35.8 Å². The number of hydrogen-bond acceptors (Lipinski definition) is 4. The summed E-state index contributed by atoms with van der Waals surface area (Å²) in [5, 5.41) is 5.34. The molecule has 1 aliphatic rings. The highest BCUT2D eigenvalue weighted by Crippen LogP contribution is 2.21. The number of nitrogens with zero attached hydrogens (tertiary/aromatic N) is 2. The van der Waals surface area contributed by atoms with Crippen LogP contribution in [0.25, 0.3) is 0 Å². The Kier molecular flexibility index (Phi) is 5.03. The van der Waals surface area contributed by atoms with Crippen LogP contribution in [0.4, 0.5) is 9.52 Å². The van der Waals surface area contributed by atoms with E-state index in [9.17, 15) is 9.18 Å². The number of halogens is 1. The van der Waals surface area contributed by atoms with E-state index in [2.05, 4.69) is 22.1 Å².